The topological polar surface area (TPSA) is 0 Å². The Morgan fingerprint density at radius 2 is 1.79 bits per heavy atom. The van der Waals surface area contributed by atoms with Crippen LogP contribution in [0.5, 0.6) is 0 Å². The number of rotatable bonds is 2. The number of thiophene rings is 1. The summed E-state index contributed by atoms with van der Waals surface area (Å²) in [6.45, 7) is 0. The molecule has 1 atom stereocenters. The molecule has 0 aliphatic heterocycles. The summed E-state index contributed by atoms with van der Waals surface area (Å²) in [6, 6.07) is 8.84. The van der Waals surface area contributed by atoms with Crippen LogP contribution in [0.25, 0.3) is 0 Å². The molecule has 0 nitrogen and oxygen atoms in total. The molecule has 0 fully saturated rings. The molecular formula is C15H13Br2ClS. The van der Waals surface area contributed by atoms with Crippen LogP contribution in [0.4, 0.5) is 0 Å². The number of aryl methyl sites for hydroxylation is 2. The second kappa shape index (κ2) is 5.88. The first kappa shape index (κ1) is 14.1. The number of benzene rings is 1. The maximum Gasteiger partial charge on any atom is 0.0855 e. The van der Waals surface area contributed by atoms with E-state index >= 15 is 0 Å². The van der Waals surface area contributed by atoms with Crippen molar-refractivity contribution in [3.63, 3.8) is 0 Å². The fourth-order valence-electron chi connectivity index (χ4n) is 2.62. The lowest BCUT2D eigenvalue weighted by atomic mass is 9.89. The van der Waals surface area contributed by atoms with Crippen molar-refractivity contribution in [2.75, 3.05) is 0 Å². The van der Waals surface area contributed by atoms with Gasteiger partial charge in [0.1, 0.15) is 0 Å². The van der Waals surface area contributed by atoms with Gasteiger partial charge < -0.3 is 0 Å². The number of fused-ring (bicyclic) bond motifs is 1. The van der Waals surface area contributed by atoms with Crippen molar-refractivity contribution in [1.82, 2.24) is 0 Å². The molecule has 100 valence electrons. The molecule has 1 aromatic heterocycles. The zero-order valence-corrected chi connectivity index (χ0v) is 15.0. The first-order valence-electron chi connectivity index (χ1n) is 6.35. The van der Waals surface area contributed by atoms with Crippen LogP contribution in [-0.4, -0.2) is 0 Å². The summed E-state index contributed by atoms with van der Waals surface area (Å²) in [7, 11) is 0. The van der Waals surface area contributed by atoms with E-state index in [4.69, 9.17) is 11.6 Å². The third-order valence-corrected chi connectivity index (χ3v) is 6.49. The van der Waals surface area contributed by atoms with Crippen molar-refractivity contribution in [3.8, 4) is 0 Å². The Kier molecular flexibility index (Phi) is 4.37. The minimum Gasteiger partial charge on any atom is -0.121 e. The van der Waals surface area contributed by atoms with Gasteiger partial charge in [-0.2, -0.15) is 0 Å². The lowest BCUT2D eigenvalue weighted by Gasteiger charge is -2.18. The van der Waals surface area contributed by atoms with Crippen LogP contribution >= 0.6 is 54.8 Å². The van der Waals surface area contributed by atoms with Gasteiger partial charge in [0.15, 0.2) is 0 Å². The predicted octanol–water partition coefficient (Wildman–Crippen LogP) is 6.48. The van der Waals surface area contributed by atoms with Crippen LogP contribution in [0.2, 0.25) is 0 Å². The van der Waals surface area contributed by atoms with Gasteiger partial charge in [0.25, 0.3) is 0 Å². The zero-order valence-electron chi connectivity index (χ0n) is 10.3. The van der Waals surface area contributed by atoms with Crippen molar-refractivity contribution in [3.05, 3.63) is 54.1 Å². The van der Waals surface area contributed by atoms with Crippen LogP contribution in [0, 0.1) is 0 Å². The number of alkyl halides is 1. The third kappa shape index (κ3) is 2.94. The number of hydrogen-bond donors (Lipinski definition) is 0. The maximum atomic E-state index is 6.65. The average molecular weight is 421 g/mol. The summed E-state index contributed by atoms with van der Waals surface area (Å²) in [6.07, 6.45) is 5.04. The van der Waals surface area contributed by atoms with E-state index in [2.05, 4.69) is 56.1 Å². The second-order valence-corrected chi connectivity index (χ2v) is 9.06. The van der Waals surface area contributed by atoms with E-state index in [0.717, 1.165) is 13.1 Å². The largest absolute Gasteiger partial charge is 0.121 e. The maximum absolute atomic E-state index is 6.65. The highest BCUT2D eigenvalue weighted by Crippen LogP contribution is 2.41. The molecule has 1 aliphatic carbocycles. The van der Waals surface area contributed by atoms with Crippen LogP contribution in [0.1, 0.15) is 40.5 Å². The lowest BCUT2D eigenvalue weighted by molar-refractivity contribution is 0.684. The van der Waals surface area contributed by atoms with Crippen molar-refractivity contribution in [2.45, 2.75) is 31.1 Å². The SMILES string of the molecule is ClC(c1ccc2c(c1)CCCC2)c1cc(Br)sc1Br. The van der Waals surface area contributed by atoms with E-state index < -0.39 is 0 Å². The molecule has 0 saturated carbocycles. The normalized spacial score (nSPS) is 16.2. The Morgan fingerprint density at radius 3 is 2.47 bits per heavy atom. The third-order valence-electron chi connectivity index (χ3n) is 3.62. The average Bonchev–Trinajstić information content (AvgIpc) is 2.76. The molecule has 1 aromatic carbocycles. The van der Waals surface area contributed by atoms with Crippen molar-refractivity contribution in [1.29, 1.82) is 0 Å². The highest BCUT2D eigenvalue weighted by molar-refractivity contribution is 9.12. The predicted molar refractivity (Wildman–Crippen MR) is 90.5 cm³/mol. The van der Waals surface area contributed by atoms with Crippen molar-refractivity contribution < 1.29 is 0 Å². The van der Waals surface area contributed by atoms with E-state index in [1.54, 1.807) is 11.3 Å². The molecule has 1 heterocycles. The Labute approximate surface area is 139 Å². The summed E-state index contributed by atoms with van der Waals surface area (Å²) in [5.74, 6) is 0. The van der Waals surface area contributed by atoms with Gasteiger partial charge in [0, 0.05) is 5.56 Å². The number of halogens is 3. The van der Waals surface area contributed by atoms with Gasteiger partial charge in [-0.15, -0.1) is 22.9 Å². The summed E-state index contributed by atoms with van der Waals surface area (Å²) >= 11 is 15.4. The van der Waals surface area contributed by atoms with Crippen molar-refractivity contribution >= 4 is 54.8 Å². The Balaban J connectivity index is 1.95. The van der Waals surface area contributed by atoms with Crippen LogP contribution in [0.15, 0.2) is 31.8 Å². The van der Waals surface area contributed by atoms with Gasteiger partial charge in [0.2, 0.25) is 0 Å². The van der Waals surface area contributed by atoms with Gasteiger partial charge in [-0.05, 0) is 80.3 Å². The van der Waals surface area contributed by atoms with E-state index in [-0.39, 0.29) is 5.38 Å². The molecule has 2 aromatic rings. The minimum absolute atomic E-state index is 0.0795. The standard InChI is InChI=1S/C15H13Br2ClS/c16-13-8-12(15(17)19-13)14(18)11-6-5-9-3-1-2-4-10(9)7-11/h5-8,14H,1-4H2. The quantitative estimate of drug-likeness (QED) is 0.488. The van der Waals surface area contributed by atoms with Gasteiger partial charge in [-0.1, -0.05) is 18.2 Å². The zero-order chi connectivity index (χ0) is 13.4. The summed E-state index contributed by atoms with van der Waals surface area (Å²) < 4.78 is 2.22. The highest BCUT2D eigenvalue weighted by atomic mass is 79.9. The molecule has 1 unspecified atom stereocenters. The Bertz CT molecular complexity index is 606. The van der Waals surface area contributed by atoms with Gasteiger partial charge in [-0.3, -0.25) is 0 Å². The van der Waals surface area contributed by atoms with Gasteiger partial charge in [-0.25, -0.2) is 0 Å². The minimum atomic E-state index is -0.0795. The van der Waals surface area contributed by atoms with E-state index in [1.807, 2.05) is 0 Å². The molecule has 3 rings (SSSR count). The molecule has 4 heteroatoms. The van der Waals surface area contributed by atoms with Crippen LogP contribution in [-0.2, 0) is 12.8 Å². The lowest BCUT2D eigenvalue weighted by Crippen LogP contribution is -2.04. The summed E-state index contributed by atoms with van der Waals surface area (Å²) in [5, 5.41) is -0.0795. The fraction of sp³-hybridized carbons (Fsp3) is 0.333. The monoisotopic (exact) mass is 418 g/mol. The molecule has 0 radical (unpaired) electrons. The Morgan fingerprint density at radius 1 is 1.05 bits per heavy atom. The first-order chi connectivity index (χ1) is 9.15. The molecule has 0 spiro atoms. The molecule has 1 aliphatic rings. The van der Waals surface area contributed by atoms with Crippen molar-refractivity contribution in [2.24, 2.45) is 0 Å². The number of hydrogen-bond acceptors (Lipinski definition) is 1. The summed E-state index contributed by atoms with van der Waals surface area (Å²) in [5.41, 5.74) is 5.34. The van der Waals surface area contributed by atoms with Gasteiger partial charge in [0.05, 0.1) is 12.9 Å². The molecule has 0 bridgehead atoms. The smallest absolute Gasteiger partial charge is 0.0855 e. The molecular weight excluding hydrogens is 407 g/mol. The molecule has 0 saturated heterocycles. The van der Waals surface area contributed by atoms with Crippen LogP contribution < -0.4 is 0 Å². The van der Waals surface area contributed by atoms with E-state index in [0.29, 0.717) is 0 Å². The molecule has 0 N–H and O–H groups in total. The highest BCUT2D eigenvalue weighted by Gasteiger charge is 2.18. The van der Waals surface area contributed by atoms with E-state index in [1.165, 1.54) is 42.4 Å². The fourth-order valence-corrected chi connectivity index (χ4v) is 6.02. The van der Waals surface area contributed by atoms with E-state index in [9.17, 15) is 0 Å². The first-order valence-corrected chi connectivity index (χ1v) is 9.19. The van der Waals surface area contributed by atoms with Gasteiger partial charge >= 0.3 is 0 Å². The second-order valence-electron chi connectivity index (χ2n) is 4.88. The summed E-state index contributed by atoms with van der Waals surface area (Å²) in [4.78, 5) is 0. The Hall–Kier alpha value is 0.170. The molecule has 0 amide bonds. The molecule has 19 heavy (non-hydrogen) atoms. The van der Waals surface area contributed by atoms with Crippen LogP contribution in [0.3, 0.4) is 0 Å².